The number of hydrogen-bond acceptors (Lipinski definition) is 2. The molecule has 110 valence electrons. The van der Waals surface area contributed by atoms with Gasteiger partial charge in [0.1, 0.15) is 11.9 Å². The molecule has 0 unspecified atom stereocenters. The van der Waals surface area contributed by atoms with Crippen molar-refractivity contribution in [2.45, 2.75) is 25.0 Å². The van der Waals surface area contributed by atoms with Gasteiger partial charge in [-0.3, -0.25) is 0 Å². The Labute approximate surface area is 125 Å². The molecule has 2 aromatic rings. The van der Waals surface area contributed by atoms with Gasteiger partial charge in [0.25, 0.3) is 0 Å². The van der Waals surface area contributed by atoms with Crippen LogP contribution in [0.5, 0.6) is 0 Å². The summed E-state index contributed by atoms with van der Waals surface area (Å²) in [6.07, 6.45) is 2.16. The Balaban J connectivity index is 1.85. The largest absolute Gasteiger partial charge is 0.365 e. The molecular formula is C18H20FNO. The van der Waals surface area contributed by atoms with Crippen LogP contribution in [0.4, 0.5) is 4.39 Å². The Hall–Kier alpha value is -1.71. The van der Waals surface area contributed by atoms with E-state index >= 15 is 0 Å². The quantitative estimate of drug-likeness (QED) is 0.925. The van der Waals surface area contributed by atoms with Gasteiger partial charge in [0.15, 0.2) is 0 Å². The highest BCUT2D eigenvalue weighted by molar-refractivity contribution is 5.30. The minimum Gasteiger partial charge on any atom is -0.365 e. The van der Waals surface area contributed by atoms with Crippen molar-refractivity contribution in [3.8, 4) is 0 Å². The van der Waals surface area contributed by atoms with E-state index in [1.165, 1.54) is 12.1 Å². The molecule has 3 rings (SSSR count). The third kappa shape index (κ3) is 3.69. The molecule has 0 aliphatic carbocycles. The van der Waals surface area contributed by atoms with Gasteiger partial charge >= 0.3 is 0 Å². The molecule has 1 N–H and O–H groups in total. The second-order valence-corrected chi connectivity index (χ2v) is 5.43. The van der Waals surface area contributed by atoms with Gasteiger partial charge in [0.2, 0.25) is 0 Å². The van der Waals surface area contributed by atoms with Crippen molar-refractivity contribution in [1.82, 2.24) is 5.32 Å². The van der Waals surface area contributed by atoms with Crippen molar-refractivity contribution in [3.63, 3.8) is 0 Å². The first kappa shape index (κ1) is 14.2. The normalized spacial score (nSPS) is 17.6. The lowest BCUT2D eigenvalue weighted by molar-refractivity contribution is -0.00807. The monoisotopic (exact) mass is 285 g/mol. The van der Waals surface area contributed by atoms with Gasteiger partial charge in [-0.1, -0.05) is 42.5 Å². The highest BCUT2D eigenvalue weighted by Gasteiger charge is 2.21. The van der Waals surface area contributed by atoms with Gasteiger partial charge in [-0.05, 0) is 49.2 Å². The number of nitrogens with one attached hydrogen (secondary N) is 1. The summed E-state index contributed by atoms with van der Waals surface area (Å²) in [4.78, 5) is 0. The molecule has 0 bridgehead atoms. The van der Waals surface area contributed by atoms with Crippen molar-refractivity contribution in [2.24, 2.45) is 0 Å². The Morgan fingerprint density at radius 3 is 2.19 bits per heavy atom. The van der Waals surface area contributed by atoms with Crippen molar-refractivity contribution in [1.29, 1.82) is 0 Å². The lowest BCUT2D eigenvalue weighted by Gasteiger charge is -2.28. The van der Waals surface area contributed by atoms with E-state index in [9.17, 15) is 4.39 Å². The molecule has 0 radical (unpaired) electrons. The fraction of sp³-hybridized carbons (Fsp3) is 0.333. The summed E-state index contributed by atoms with van der Waals surface area (Å²) in [5.74, 6) is -0.215. The van der Waals surface area contributed by atoms with Gasteiger partial charge in [-0.2, -0.15) is 0 Å². The lowest BCUT2D eigenvalue weighted by atomic mass is 10.00. The fourth-order valence-electron chi connectivity index (χ4n) is 2.74. The number of rotatable bonds is 4. The van der Waals surface area contributed by atoms with Gasteiger partial charge < -0.3 is 10.1 Å². The predicted molar refractivity (Wildman–Crippen MR) is 81.7 cm³/mol. The Morgan fingerprint density at radius 1 is 0.905 bits per heavy atom. The van der Waals surface area contributed by atoms with Crippen LogP contribution in [0.2, 0.25) is 0 Å². The maximum Gasteiger partial charge on any atom is 0.123 e. The first-order chi connectivity index (χ1) is 10.3. The fourth-order valence-corrected chi connectivity index (χ4v) is 2.74. The van der Waals surface area contributed by atoms with Crippen LogP contribution in [0.25, 0.3) is 0 Å². The Kier molecular flexibility index (Phi) is 4.63. The van der Waals surface area contributed by atoms with Crippen LogP contribution >= 0.6 is 0 Å². The third-order valence-electron chi connectivity index (χ3n) is 3.89. The Morgan fingerprint density at radius 2 is 1.52 bits per heavy atom. The molecule has 0 spiro atoms. The van der Waals surface area contributed by atoms with Crippen molar-refractivity contribution in [3.05, 3.63) is 71.5 Å². The molecule has 2 nitrogen and oxygen atoms in total. The van der Waals surface area contributed by atoms with Crippen LogP contribution < -0.4 is 5.32 Å². The van der Waals surface area contributed by atoms with E-state index in [2.05, 4.69) is 17.4 Å². The summed E-state index contributed by atoms with van der Waals surface area (Å²) >= 11 is 0. The molecule has 21 heavy (non-hydrogen) atoms. The molecule has 0 saturated carbocycles. The number of ether oxygens (including phenoxy) is 1. The summed E-state index contributed by atoms with van der Waals surface area (Å²) in [5, 5.41) is 3.35. The molecule has 1 heterocycles. The second-order valence-electron chi connectivity index (χ2n) is 5.43. The van der Waals surface area contributed by atoms with E-state index in [1.54, 1.807) is 0 Å². The van der Waals surface area contributed by atoms with Crippen LogP contribution in [0.1, 0.15) is 30.1 Å². The minimum absolute atomic E-state index is 0.130. The molecule has 1 saturated heterocycles. The lowest BCUT2D eigenvalue weighted by Crippen LogP contribution is -2.33. The number of piperidine rings is 1. The van der Waals surface area contributed by atoms with Crippen LogP contribution in [0.15, 0.2) is 54.6 Å². The van der Waals surface area contributed by atoms with E-state index in [0.29, 0.717) is 0 Å². The smallest absolute Gasteiger partial charge is 0.123 e. The van der Waals surface area contributed by atoms with Gasteiger partial charge in [-0.15, -0.1) is 0 Å². The van der Waals surface area contributed by atoms with Crippen LogP contribution in [-0.2, 0) is 4.74 Å². The summed E-state index contributed by atoms with van der Waals surface area (Å²) < 4.78 is 19.5. The molecule has 1 atom stereocenters. The number of hydrogen-bond donors (Lipinski definition) is 1. The highest BCUT2D eigenvalue weighted by atomic mass is 19.1. The van der Waals surface area contributed by atoms with Crippen molar-refractivity contribution < 1.29 is 9.13 Å². The zero-order valence-electron chi connectivity index (χ0n) is 12.0. The average Bonchev–Trinajstić information content (AvgIpc) is 2.55. The summed E-state index contributed by atoms with van der Waals surface area (Å²) in [6, 6.07) is 16.8. The molecular weight excluding hydrogens is 265 g/mol. The first-order valence-electron chi connectivity index (χ1n) is 7.49. The van der Waals surface area contributed by atoms with Gasteiger partial charge in [0.05, 0.1) is 6.10 Å². The van der Waals surface area contributed by atoms with Gasteiger partial charge in [0, 0.05) is 0 Å². The van der Waals surface area contributed by atoms with Crippen molar-refractivity contribution in [2.75, 3.05) is 13.1 Å². The summed E-state index contributed by atoms with van der Waals surface area (Å²) in [6.45, 7) is 1.99. The zero-order valence-corrected chi connectivity index (χ0v) is 12.0. The standard InChI is InChI=1S/C18H20FNO/c19-16-8-6-15(7-9-16)18(14-4-2-1-3-5-14)21-17-10-12-20-13-11-17/h1-9,17-18,20H,10-13H2/t18-/m0/s1. The van der Waals surface area contributed by atoms with Crippen LogP contribution in [0.3, 0.4) is 0 Å². The Bertz CT molecular complexity index is 549. The maximum absolute atomic E-state index is 13.2. The zero-order chi connectivity index (χ0) is 14.5. The molecule has 2 aromatic carbocycles. The predicted octanol–water partition coefficient (Wildman–Crippen LogP) is 3.68. The maximum atomic E-state index is 13.2. The third-order valence-corrected chi connectivity index (χ3v) is 3.89. The van der Waals surface area contributed by atoms with E-state index in [1.807, 2.05) is 30.3 Å². The van der Waals surface area contributed by atoms with Crippen LogP contribution in [0, 0.1) is 5.82 Å². The molecule has 3 heteroatoms. The highest BCUT2D eigenvalue weighted by Crippen LogP contribution is 2.29. The summed E-state index contributed by atoms with van der Waals surface area (Å²) in [7, 11) is 0. The van der Waals surface area contributed by atoms with Crippen LogP contribution in [-0.4, -0.2) is 19.2 Å². The molecule has 0 aromatic heterocycles. The number of halogens is 1. The topological polar surface area (TPSA) is 21.3 Å². The van der Waals surface area contributed by atoms with E-state index in [4.69, 9.17) is 4.74 Å². The SMILES string of the molecule is Fc1ccc([C@@H](OC2CCNCC2)c2ccccc2)cc1. The van der Waals surface area contributed by atoms with E-state index in [-0.39, 0.29) is 18.0 Å². The van der Waals surface area contributed by atoms with Crippen molar-refractivity contribution >= 4 is 0 Å². The van der Waals surface area contributed by atoms with E-state index in [0.717, 1.165) is 37.1 Å². The second kappa shape index (κ2) is 6.83. The number of benzene rings is 2. The molecule has 1 aliphatic heterocycles. The molecule has 0 amide bonds. The summed E-state index contributed by atoms with van der Waals surface area (Å²) in [5.41, 5.74) is 2.11. The minimum atomic E-state index is -0.215. The molecule has 1 aliphatic rings. The molecule has 1 fully saturated rings. The average molecular weight is 285 g/mol. The van der Waals surface area contributed by atoms with Gasteiger partial charge in [-0.25, -0.2) is 4.39 Å². The van der Waals surface area contributed by atoms with E-state index < -0.39 is 0 Å². The first-order valence-corrected chi connectivity index (χ1v) is 7.49.